The van der Waals surface area contributed by atoms with Crippen LogP contribution in [0.1, 0.15) is 24.5 Å². The van der Waals surface area contributed by atoms with E-state index in [1.54, 1.807) is 60.7 Å². The lowest BCUT2D eigenvalue weighted by Gasteiger charge is -2.34. The lowest BCUT2D eigenvalue weighted by atomic mass is 10.0. The highest BCUT2D eigenvalue weighted by Crippen LogP contribution is 2.28. The summed E-state index contributed by atoms with van der Waals surface area (Å²) in [7, 11) is -2.69. The van der Waals surface area contributed by atoms with E-state index in [4.69, 9.17) is 27.9 Å². The summed E-state index contributed by atoms with van der Waals surface area (Å²) < 4.78 is 34.4. The van der Waals surface area contributed by atoms with Crippen molar-refractivity contribution in [2.45, 2.75) is 37.2 Å². The van der Waals surface area contributed by atoms with Crippen LogP contribution in [-0.2, 0) is 32.6 Å². The number of hydrogen-bond acceptors (Lipinski definition) is 5. The Hall–Kier alpha value is -4.05. The maximum absolute atomic E-state index is 14.5. The molecule has 0 aliphatic rings. The van der Waals surface area contributed by atoms with Crippen LogP contribution in [-0.4, -0.2) is 51.4 Å². The highest BCUT2D eigenvalue weighted by atomic mass is 35.5. The lowest BCUT2D eigenvalue weighted by molar-refractivity contribution is -0.140. The number of ether oxygens (including phenoxy) is 1. The molecule has 4 rings (SSSR count). The fraction of sp³-hybridized carbons (Fsp3) is 0.235. The van der Waals surface area contributed by atoms with Gasteiger partial charge in [0.15, 0.2) is 0 Å². The predicted molar refractivity (Wildman–Crippen MR) is 178 cm³/mol. The van der Waals surface area contributed by atoms with Crippen molar-refractivity contribution >= 4 is 50.7 Å². The third kappa shape index (κ3) is 8.78. The molecular weight excluding hydrogens is 633 g/mol. The van der Waals surface area contributed by atoms with Gasteiger partial charge in [-0.05, 0) is 66.1 Å². The Kier molecular flexibility index (Phi) is 11.9. The van der Waals surface area contributed by atoms with Crippen LogP contribution in [0.3, 0.4) is 0 Å². The zero-order chi connectivity index (χ0) is 32.4. The van der Waals surface area contributed by atoms with E-state index < -0.39 is 28.5 Å². The van der Waals surface area contributed by atoms with Crippen molar-refractivity contribution in [3.63, 3.8) is 0 Å². The Morgan fingerprint density at radius 1 is 0.844 bits per heavy atom. The van der Waals surface area contributed by atoms with Gasteiger partial charge in [-0.2, -0.15) is 0 Å². The van der Waals surface area contributed by atoms with Gasteiger partial charge in [-0.25, -0.2) is 8.42 Å². The van der Waals surface area contributed by atoms with Gasteiger partial charge in [0.2, 0.25) is 11.8 Å². The van der Waals surface area contributed by atoms with Crippen LogP contribution in [0.4, 0.5) is 5.69 Å². The maximum atomic E-state index is 14.5. The number of sulfonamides is 1. The topological polar surface area (TPSA) is 96.0 Å². The molecule has 0 bridgehead atoms. The number of nitrogens with one attached hydrogen (secondary N) is 1. The molecule has 0 saturated heterocycles. The largest absolute Gasteiger partial charge is 0.497 e. The van der Waals surface area contributed by atoms with E-state index in [1.165, 1.54) is 24.1 Å². The molecule has 1 atom stereocenters. The van der Waals surface area contributed by atoms with Crippen molar-refractivity contribution in [3.8, 4) is 5.75 Å². The highest BCUT2D eigenvalue weighted by molar-refractivity contribution is 7.92. The number of halogens is 2. The molecule has 236 valence electrons. The molecule has 0 fully saturated rings. The summed E-state index contributed by atoms with van der Waals surface area (Å²) in [5, 5.41) is 3.56. The minimum Gasteiger partial charge on any atom is -0.497 e. The first-order valence-electron chi connectivity index (χ1n) is 14.4. The molecule has 11 heteroatoms. The van der Waals surface area contributed by atoms with Crippen molar-refractivity contribution in [2.24, 2.45) is 0 Å². The minimum absolute atomic E-state index is 0.0192. The Morgan fingerprint density at radius 2 is 1.49 bits per heavy atom. The van der Waals surface area contributed by atoms with Gasteiger partial charge in [0.1, 0.15) is 18.3 Å². The minimum atomic E-state index is -4.20. The zero-order valence-electron chi connectivity index (χ0n) is 25.0. The van der Waals surface area contributed by atoms with Crippen molar-refractivity contribution < 1.29 is 22.7 Å². The average Bonchev–Trinajstić information content (AvgIpc) is 3.06. The fourth-order valence-electron chi connectivity index (χ4n) is 4.75. The molecule has 0 unspecified atom stereocenters. The van der Waals surface area contributed by atoms with Crippen molar-refractivity contribution in [1.82, 2.24) is 10.2 Å². The molecule has 0 radical (unpaired) electrons. The number of carbonyl (C=O) groups excluding carboxylic acids is 2. The van der Waals surface area contributed by atoms with Gasteiger partial charge < -0.3 is 15.0 Å². The molecule has 8 nitrogen and oxygen atoms in total. The van der Waals surface area contributed by atoms with Crippen LogP contribution in [0.2, 0.25) is 10.0 Å². The van der Waals surface area contributed by atoms with Gasteiger partial charge >= 0.3 is 0 Å². The Labute approximate surface area is 274 Å². The number of methoxy groups -OCH3 is 1. The van der Waals surface area contributed by atoms with Gasteiger partial charge in [0, 0.05) is 19.5 Å². The molecule has 4 aromatic rings. The lowest BCUT2D eigenvalue weighted by Crippen LogP contribution is -2.53. The quantitative estimate of drug-likeness (QED) is 0.169. The van der Waals surface area contributed by atoms with E-state index in [0.29, 0.717) is 34.3 Å². The van der Waals surface area contributed by atoms with Gasteiger partial charge in [0.05, 0.1) is 27.7 Å². The average molecular weight is 669 g/mol. The van der Waals surface area contributed by atoms with E-state index in [-0.39, 0.29) is 29.5 Å². The normalized spacial score (nSPS) is 11.8. The summed E-state index contributed by atoms with van der Waals surface area (Å²) in [4.78, 5) is 29.6. The molecule has 0 saturated carbocycles. The molecular formula is C34H35Cl2N3O5S. The van der Waals surface area contributed by atoms with Crippen molar-refractivity contribution in [2.75, 3.05) is 24.5 Å². The van der Waals surface area contributed by atoms with E-state index in [9.17, 15) is 18.0 Å². The van der Waals surface area contributed by atoms with Crippen LogP contribution in [0, 0.1) is 0 Å². The second-order valence-corrected chi connectivity index (χ2v) is 13.0. The van der Waals surface area contributed by atoms with Crippen LogP contribution < -0.4 is 14.4 Å². The van der Waals surface area contributed by atoms with Gasteiger partial charge in [-0.15, -0.1) is 0 Å². The molecule has 4 aromatic carbocycles. The van der Waals surface area contributed by atoms with Crippen LogP contribution >= 0.6 is 23.2 Å². The number of anilines is 1. The maximum Gasteiger partial charge on any atom is 0.264 e. The molecule has 0 aliphatic carbocycles. The molecule has 0 spiro atoms. The summed E-state index contributed by atoms with van der Waals surface area (Å²) in [5.41, 5.74) is 1.73. The first-order valence-corrected chi connectivity index (χ1v) is 16.6. The number of benzene rings is 4. The number of nitrogens with zero attached hydrogens (tertiary/aromatic N) is 2. The third-order valence-electron chi connectivity index (χ3n) is 7.13. The first-order chi connectivity index (χ1) is 21.6. The Balaban J connectivity index is 1.80. The van der Waals surface area contributed by atoms with Gasteiger partial charge in [-0.1, -0.05) is 84.7 Å². The number of carbonyl (C=O) groups is 2. The number of amides is 2. The zero-order valence-corrected chi connectivity index (χ0v) is 27.4. The molecule has 2 amide bonds. The van der Waals surface area contributed by atoms with Gasteiger partial charge in [0.25, 0.3) is 10.0 Å². The molecule has 0 heterocycles. The van der Waals surface area contributed by atoms with Crippen LogP contribution in [0.25, 0.3) is 0 Å². The van der Waals surface area contributed by atoms with Crippen molar-refractivity contribution in [1.29, 1.82) is 0 Å². The van der Waals surface area contributed by atoms with Crippen LogP contribution in [0.5, 0.6) is 5.75 Å². The summed E-state index contributed by atoms with van der Waals surface area (Å²) in [6.07, 6.45) is 0.905. The van der Waals surface area contributed by atoms with Crippen molar-refractivity contribution in [3.05, 3.63) is 124 Å². The molecule has 45 heavy (non-hydrogen) atoms. The third-order valence-corrected chi connectivity index (χ3v) is 9.65. The van der Waals surface area contributed by atoms with E-state index in [2.05, 4.69) is 5.32 Å². The molecule has 0 aliphatic heterocycles. The summed E-state index contributed by atoms with van der Waals surface area (Å²) >= 11 is 12.5. The Bertz CT molecular complexity index is 1690. The fourth-order valence-corrected chi connectivity index (χ4v) is 6.51. The smallest absolute Gasteiger partial charge is 0.264 e. The van der Waals surface area contributed by atoms with Crippen LogP contribution in [0.15, 0.2) is 108 Å². The van der Waals surface area contributed by atoms with Gasteiger partial charge in [-0.3, -0.25) is 13.9 Å². The first kappa shape index (κ1) is 33.8. The summed E-state index contributed by atoms with van der Waals surface area (Å²) in [5.74, 6) is -0.404. The molecule has 0 aromatic heterocycles. The second kappa shape index (κ2) is 15.8. The number of hydrogen-bond donors (Lipinski definition) is 1. The predicted octanol–water partition coefficient (Wildman–Crippen LogP) is 6.36. The SMILES string of the molecule is CCCNC(=O)[C@@H](Cc1ccccc1)N(Cc1ccc(Cl)c(Cl)c1)C(=O)CN(c1ccc(OC)cc1)S(=O)(=O)c1ccccc1. The van der Waals surface area contributed by atoms with E-state index >= 15 is 0 Å². The summed E-state index contributed by atoms with van der Waals surface area (Å²) in [6, 6.07) is 27.7. The highest BCUT2D eigenvalue weighted by Gasteiger charge is 2.34. The standard InChI is InChI=1S/C34H35Cl2N3O5S/c1-3-20-37-34(41)32(22-25-10-6-4-7-11-25)38(23-26-14-19-30(35)31(36)21-26)33(40)24-39(27-15-17-28(44-2)18-16-27)45(42,43)29-12-8-5-9-13-29/h4-19,21,32H,3,20,22-24H2,1-2H3,(H,37,41)/t32-/m1/s1. The summed E-state index contributed by atoms with van der Waals surface area (Å²) in [6.45, 7) is 1.76. The monoisotopic (exact) mass is 667 g/mol. The second-order valence-electron chi connectivity index (χ2n) is 10.3. The van der Waals surface area contributed by atoms with E-state index in [1.807, 2.05) is 37.3 Å². The Morgan fingerprint density at radius 3 is 2.09 bits per heavy atom. The number of rotatable bonds is 14. The molecule has 1 N–H and O–H groups in total. The van der Waals surface area contributed by atoms with E-state index in [0.717, 1.165) is 9.87 Å².